The van der Waals surface area contributed by atoms with Gasteiger partial charge in [0.1, 0.15) is 6.20 Å². The van der Waals surface area contributed by atoms with E-state index in [9.17, 15) is 4.79 Å². The number of aromatic nitrogens is 2. The minimum absolute atomic E-state index is 0.409. The minimum atomic E-state index is -0.468. The van der Waals surface area contributed by atoms with Crippen LogP contribution in [0.25, 0.3) is 0 Å². The van der Waals surface area contributed by atoms with Crippen molar-refractivity contribution in [1.29, 1.82) is 0 Å². The van der Waals surface area contributed by atoms with Crippen LogP contribution in [0.5, 0.6) is 0 Å². The Balaban J connectivity index is 2.31. The van der Waals surface area contributed by atoms with E-state index in [1.165, 1.54) is 6.20 Å². The smallest absolute Gasteiger partial charge is 0.315 e. The average Bonchev–Trinajstić information content (AvgIpc) is 2.31. The lowest BCUT2D eigenvalue weighted by molar-refractivity contribution is -0.690. The summed E-state index contributed by atoms with van der Waals surface area (Å²) in [5.41, 5.74) is 6.79. The lowest BCUT2D eigenvalue weighted by Gasteiger charge is -2.00. The SMILES string of the molecule is NC(=O)c1cncc[n+]1Cc1ccccc1. The van der Waals surface area contributed by atoms with Crippen LogP contribution in [-0.2, 0) is 6.54 Å². The van der Waals surface area contributed by atoms with Gasteiger partial charge in [-0.2, -0.15) is 4.57 Å². The second-order valence-corrected chi connectivity index (χ2v) is 3.44. The van der Waals surface area contributed by atoms with Gasteiger partial charge in [0.05, 0.1) is 6.20 Å². The summed E-state index contributed by atoms with van der Waals surface area (Å²) in [7, 11) is 0. The topological polar surface area (TPSA) is 59.9 Å². The summed E-state index contributed by atoms with van der Waals surface area (Å²) < 4.78 is 1.78. The third kappa shape index (κ3) is 2.23. The quantitative estimate of drug-likeness (QED) is 0.757. The number of hydrogen-bond donors (Lipinski definition) is 1. The molecule has 0 saturated carbocycles. The maximum absolute atomic E-state index is 11.2. The molecule has 80 valence electrons. The van der Waals surface area contributed by atoms with Gasteiger partial charge in [0.15, 0.2) is 12.7 Å². The van der Waals surface area contributed by atoms with Crippen LogP contribution in [0.1, 0.15) is 16.1 Å². The molecule has 1 amide bonds. The summed E-state index contributed by atoms with van der Waals surface area (Å²) in [6.07, 6.45) is 4.85. The largest absolute Gasteiger partial charge is 0.360 e. The van der Waals surface area contributed by atoms with Crippen molar-refractivity contribution in [3.8, 4) is 0 Å². The highest BCUT2D eigenvalue weighted by Gasteiger charge is 2.15. The minimum Gasteiger partial charge on any atom is -0.360 e. The monoisotopic (exact) mass is 214 g/mol. The van der Waals surface area contributed by atoms with Gasteiger partial charge in [-0.05, 0) is 0 Å². The van der Waals surface area contributed by atoms with Crippen molar-refractivity contribution in [3.05, 3.63) is 60.2 Å². The number of carbonyl (C=O) groups excluding carboxylic acids is 1. The fourth-order valence-electron chi connectivity index (χ4n) is 1.51. The van der Waals surface area contributed by atoms with Crippen LogP contribution < -0.4 is 10.3 Å². The molecular formula is C12H12N3O+. The average molecular weight is 214 g/mol. The van der Waals surface area contributed by atoms with Crippen LogP contribution in [-0.4, -0.2) is 10.9 Å². The summed E-state index contributed by atoms with van der Waals surface area (Å²) in [4.78, 5) is 15.1. The van der Waals surface area contributed by atoms with Crippen LogP contribution in [0.15, 0.2) is 48.9 Å². The second-order valence-electron chi connectivity index (χ2n) is 3.44. The van der Waals surface area contributed by atoms with Gasteiger partial charge in [-0.3, -0.25) is 9.78 Å². The van der Waals surface area contributed by atoms with E-state index in [-0.39, 0.29) is 0 Å². The third-order valence-corrected chi connectivity index (χ3v) is 2.29. The van der Waals surface area contributed by atoms with E-state index >= 15 is 0 Å². The standard InChI is InChI=1S/C12H11N3O/c13-12(16)11-8-14-6-7-15(11)9-10-4-2-1-3-5-10/h1-8H,9H2,(H-,13,16)/p+1. The summed E-state index contributed by atoms with van der Waals surface area (Å²) in [6.45, 7) is 0.613. The van der Waals surface area contributed by atoms with Gasteiger partial charge in [-0.15, -0.1) is 0 Å². The number of primary amides is 1. The van der Waals surface area contributed by atoms with E-state index in [0.717, 1.165) is 5.56 Å². The Morgan fingerprint density at radius 2 is 2.06 bits per heavy atom. The van der Waals surface area contributed by atoms with Gasteiger partial charge < -0.3 is 5.73 Å². The molecule has 1 aromatic heterocycles. The van der Waals surface area contributed by atoms with Crippen LogP contribution >= 0.6 is 0 Å². The molecule has 0 bridgehead atoms. The molecule has 0 aliphatic heterocycles. The second kappa shape index (κ2) is 4.53. The zero-order valence-corrected chi connectivity index (χ0v) is 8.71. The molecule has 2 aromatic rings. The third-order valence-electron chi connectivity index (χ3n) is 2.29. The molecule has 0 saturated heterocycles. The molecule has 4 heteroatoms. The fourth-order valence-corrected chi connectivity index (χ4v) is 1.51. The van der Waals surface area contributed by atoms with Gasteiger partial charge in [-0.25, -0.2) is 0 Å². The van der Waals surface area contributed by atoms with Crippen LogP contribution in [0.4, 0.5) is 0 Å². The Bertz CT molecular complexity index is 497. The van der Waals surface area contributed by atoms with Crippen LogP contribution in [0, 0.1) is 0 Å². The Morgan fingerprint density at radius 1 is 1.31 bits per heavy atom. The van der Waals surface area contributed by atoms with E-state index in [1.54, 1.807) is 17.0 Å². The van der Waals surface area contributed by atoms with Crippen LogP contribution in [0.3, 0.4) is 0 Å². The highest BCUT2D eigenvalue weighted by Crippen LogP contribution is 1.98. The van der Waals surface area contributed by atoms with Gasteiger partial charge in [0.2, 0.25) is 0 Å². The molecule has 0 radical (unpaired) electrons. The Morgan fingerprint density at radius 3 is 2.75 bits per heavy atom. The normalized spacial score (nSPS) is 10.0. The van der Waals surface area contributed by atoms with Crippen molar-refractivity contribution < 1.29 is 9.36 Å². The van der Waals surface area contributed by atoms with Gasteiger partial charge in [0.25, 0.3) is 5.69 Å². The van der Waals surface area contributed by atoms with E-state index in [0.29, 0.717) is 12.2 Å². The van der Waals surface area contributed by atoms with Crippen molar-refractivity contribution in [1.82, 2.24) is 4.98 Å². The number of nitrogens with two attached hydrogens (primary N) is 1. The highest BCUT2D eigenvalue weighted by molar-refractivity contribution is 5.88. The molecule has 0 aliphatic carbocycles. The molecule has 1 aromatic carbocycles. The molecule has 16 heavy (non-hydrogen) atoms. The first-order valence-corrected chi connectivity index (χ1v) is 4.94. The molecule has 2 rings (SSSR count). The maximum atomic E-state index is 11.2. The summed E-state index contributed by atoms with van der Waals surface area (Å²) in [6, 6.07) is 9.87. The number of benzene rings is 1. The van der Waals surface area contributed by atoms with Crippen molar-refractivity contribution in [2.75, 3.05) is 0 Å². The van der Waals surface area contributed by atoms with E-state index < -0.39 is 5.91 Å². The lowest BCUT2D eigenvalue weighted by Crippen LogP contribution is -2.42. The Kier molecular flexibility index (Phi) is 2.91. The van der Waals surface area contributed by atoms with Crippen molar-refractivity contribution in [3.63, 3.8) is 0 Å². The molecule has 0 aliphatic rings. The highest BCUT2D eigenvalue weighted by atomic mass is 16.1. The van der Waals surface area contributed by atoms with Crippen molar-refractivity contribution >= 4 is 5.91 Å². The zero-order valence-electron chi connectivity index (χ0n) is 8.71. The van der Waals surface area contributed by atoms with Gasteiger partial charge in [0, 0.05) is 5.56 Å². The van der Waals surface area contributed by atoms with Gasteiger partial charge >= 0.3 is 5.91 Å². The number of nitrogens with zero attached hydrogens (tertiary/aromatic N) is 2. The first-order chi connectivity index (χ1) is 7.77. The molecule has 0 spiro atoms. The molecule has 2 N–H and O–H groups in total. The molecule has 4 nitrogen and oxygen atoms in total. The Labute approximate surface area is 93.4 Å². The van der Waals surface area contributed by atoms with E-state index in [4.69, 9.17) is 5.73 Å². The molecule has 0 unspecified atom stereocenters. The summed E-state index contributed by atoms with van der Waals surface area (Å²) in [5.74, 6) is -0.468. The van der Waals surface area contributed by atoms with Crippen molar-refractivity contribution in [2.45, 2.75) is 6.54 Å². The molecule has 0 fully saturated rings. The zero-order chi connectivity index (χ0) is 11.4. The van der Waals surface area contributed by atoms with E-state index in [1.807, 2.05) is 30.3 Å². The predicted molar refractivity (Wildman–Crippen MR) is 58.5 cm³/mol. The first-order valence-electron chi connectivity index (χ1n) is 4.94. The molecule has 1 heterocycles. The maximum Gasteiger partial charge on any atom is 0.315 e. The van der Waals surface area contributed by atoms with Crippen LogP contribution in [0.2, 0.25) is 0 Å². The summed E-state index contributed by atoms with van der Waals surface area (Å²) in [5, 5.41) is 0. The number of hydrogen-bond acceptors (Lipinski definition) is 2. The number of rotatable bonds is 3. The van der Waals surface area contributed by atoms with Gasteiger partial charge in [-0.1, -0.05) is 30.3 Å². The molecule has 0 atom stereocenters. The first kappa shape index (κ1) is 10.3. The predicted octanol–water partition coefficient (Wildman–Crippen LogP) is 0.516. The number of amides is 1. The van der Waals surface area contributed by atoms with Crippen molar-refractivity contribution in [2.24, 2.45) is 5.73 Å². The Hall–Kier alpha value is -2.23. The number of carbonyl (C=O) groups is 1. The fraction of sp³-hybridized carbons (Fsp3) is 0.0833. The van der Waals surface area contributed by atoms with E-state index in [2.05, 4.69) is 4.98 Å². The molecular weight excluding hydrogens is 202 g/mol. The lowest BCUT2D eigenvalue weighted by atomic mass is 10.2. The summed E-state index contributed by atoms with van der Waals surface area (Å²) >= 11 is 0.